The second-order valence-electron chi connectivity index (χ2n) is 8.80. The molecule has 1 aliphatic heterocycles. The first kappa shape index (κ1) is 26.4. The van der Waals surface area contributed by atoms with Gasteiger partial charge in [0, 0.05) is 27.8 Å². The summed E-state index contributed by atoms with van der Waals surface area (Å²) in [5.74, 6) is 0.892. The zero-order valence-corrected chi connectivity index (χ0v) is 23.1. The van der Waals surface area contributed by atoms with Gasteiger partial charge in [0.25, 0.3) is 5.56 Å². The molecule has 0 aliphatic carbocycles. The van der Waals surface area contributed by atoms with Gasteiger partial charge in [0.05, 0.1) is 30.0 Å². The number of allylic oxidation sites excluding steroid dienone is 1. The molecule has 0 unspecified atom stereocenters. The van der Waals surface area contributed by atoms with Crippen LogP contribution in [0.4, 0.5) is 0 Å². The number of esters is 1. The van der Waals surface area contributed by atoms with Gasteiger partial charge in [0.15, 0.2) is 10.6 Å². The van der Waals surface area contributed by atoms with Crippen LogP contribution in [-0.4, -0.2) is 30.5 Å². The number of halogens is 1. The van der Waals surface area contributed by atoms with Crippen molar-refractivity contribution < 1.29 is 23.5 Å². The van der Waals surface area contributed by atoms with E-state index in [1.54, 1.807) is 55.5 Å². The van der Waals surface area contributed by atoms with Gasteiger partial charge in [-0.05, 0) is 44.2 Å². The summed E-state index contributed by atoms with van der Waals surface area (Å²) in [6.45, 7) is 3.21. The number of carbonyl (C=O) groups excluding carboxylic acids is 2. The molecule has 10 heteroatoms. The van der Waals surface area contributed by atoms with Gasteiger partial charge in [0.1, 0.15) is 23.3 Å². The summed E-state index contributed by atoms with van der Waals surface area (Å²) in [6.07, 6.45) is 1.64. The van der Waals surface area contributed by atoms with E-state index in [0.29, 0.717) is 48.5 Å². The molecule has 3 heterocycles. The summed E-state index contributed by atoms with van der Waals surface area (Å²) in [5, 5.41) is 0.422. The third-order valence-electron chi connectivity index (χ3n) is 6.39. The van der Waals surface area contributed by atoms with Crippen molar-refractivity contribution in [1.82, 2.24) is 4.57 Å². The van der Waals surface area contributed by atoms with Crippen LogP contribution < -0.4 is 19.6 Å². The summed E-state index contributed by atoms with van der Waals surface area (Å²) in [6, 6.07) is 14.8. The maximum Gasteiger partial charge on any atom is 0.338 e. The van der Waals surface area contributed by atoms with E-state index in [4.69, 9.17) is 25.5 Å². The SMILES string of the molecule is COC(=O)C1=C(C)N=c2s/c(=C\c3ccc(-c4ccc(C(C)=O)cc4)o3)c(=O)n2[C@H]1c1cc(Cl)ccc1OC. The molecule has 1 aliphatic rings. The number of furan rings is 1. The summed E-state index contributed by atoms with van der Waals surface area (Å²) in [4.78, 5) is 43.2. The van der Waals surface area contributed by atoms with E-state index in [2.05, 4.69) is 4.99 Å². The van der Waals surface area contributed by atoms with Crippen molar-refractivity contribution in [3.8, 4) is 17.1 Å². The van der Waals surface area contributed by atoms with Gasteiger partial charge in [-0.1, -0.05) is 47.2 Å². The Kier molecular flexibility index (Phi) is 7.12. The Morgan fingerprint density at radius 2 is 1.85 bits per heavy atom. The highest BCUT2D eigenvalue weighted by Crippen LogP contribution is 2.37. The maximum absolute atomic E-state index is 13.8. The van der Waals surface area contributed by atoms with Crippen molar-refractivity contribution in [2.24, 2.45) is 4.99 Å². The van der Waals surface area contributed by atoms with E-state index in [1.165, 1.54) is 37.0 Å². The lowest BCUT2D eigenvalue weighted by molar-refractivity contribution is -0.136. The fourth-order valence-electron chi connectivity index (χ4n) is 4.49. The third-order valence-corrected chi connectivity index (χ3v) is 7.61. The number of hydrogen-bond acceptors (Lipinski definition) is 8. The Bertz CT molecular complexity index is 1830. The highest BCUT2D eigenvalue weighted by molar-refractivity contribution is 7.07. The average molecular weight is 563 g/mol. The third kappa shape index (κ3) is 4.86. The second kappa shape index (κ2) is 10.5. The van der Waals surface area contributed by atoms with Crippen molar-refractivity contribution in [2.45, 2.75) is 19.9 Å². The zero-order chi connectivity index (χ0) is 27.8. The molecular formula is C29H23ClN2O6S. The fraction of sp³-hybridized carbons (Fsp3) is 0.172. The van der Waals surface area contributed by atoms with E-state index in [0.717, 1.165) is 5.56 Å². The van der Waals surface area contributed by atoms with Crippen LogP contribution in [0.25, 0.3) is 17.4 Å². The quantitative estimate of drug-likeness (QED) is 0.253. The van der Waals surface area contributed by atoms with Crippen LogP contribution in [0.1, 0.15) is 41.6 Å². The molecule has 0 bridgehead atoms. The Balaban J connectivity index is 1.64. The van der Waals surface area contributed by atoms with Gasteiger partial charge in [-0.2, -0.15) is 0 Å². The van der Waals surface area contributed by atoms with Crippen LogP contribution in [0, 0.1) is 0 Å². The van der Waals surface area contributed by atoms with Gasteiger partial charge in [-0.25, -0.2) is 9.79 Å². The van der Waals surface area contributed by atoms with Gasteiger partial charge in [-0.15, -0.1) is 0 Å². The molecule has 2 aromatic carbocycles. The summed E-state index contributed by atoms with van der Waals surface area (Å²) in [7, 11) is 2.79. The van der Waals surface area contributed by atoms with Crippen molar-refractivity contribution in [1.29, 1.82) is 0 Å². The molecule has 8 nitrogen and oxygen atoms in total. The van der Waals surface area contributed by atoms with E-state index in [9.17, 15) is 14.4 Å². The fourth-order valence-corrected chi connectivity index (χ4v) is 5.70. The van der Waals surface area contributed by atoms with Crippen LogP contribution in [0.15, 0.2) is 80.1 Å². The number of rotatable bonds is 6. The highest BCUT2D eigenvalue weighted by atomic mass is 35.5. The molecule has 0 saturated carbocycles. The number of ether oxygens (including phenoxy) is 2. The van der Waals surface area contributed by atoms with E-state index in [-0.39, 0.29) is 16.9 Å². The number of Topliss-reactive ketones (excluding diaryl/α,β-unsaturated/α-hetero) is 1. The number of ketones is 1. The first-order chi connectivity index (χ1) is 18.7. The van der Waals surface area contributed by atoms with Gasteiger partial charge in [-0.3, -0.25) is 14.2 Å². The first-order valence-corrected chi connectivity index (χ1v) is 13.1. The minimum atomic E-state index is -0.864. The molecule has 39 heavy (non-hydrogen) atoms. The summed E-state index contributed by atoms with van der Waals surface area (Å²) < 4.78 is 18.4. The van der Waals surface area contributed by atoms with Gasteiger partial charge < -0.3 is 13.9 Å². The smallest absolute Gasteiger partial charge is 0.338 e. The number of fused-ring (bicyclic) bond motifs is 1. The molecule has 0 amide bonds. The van der Waals surface area contributed by atoms with Crippen molar-refractivity contribution in [3.63, 3.8) is 0 Å². The first-order valence-electron chi connectivity index (χ1n) is 11.9. The molecule has 0 saturated heterocycles. The molecule has 0 fully saturated rings. The van der Waals surface area contributed by atoms with Gasteiger partial charge >= 0.3 is 5.97 Å². The highest BCUT2D eigenvalue weighted by Gasteiger charge is 2.35. The number of thiazole rings is 1. The number of methoxy groups -OCH3 is 2. The molecule has 0 spiro atoms. The molecule has 2 aromatic heterocycles. The number of nitrogens with zero attached hydrogens (tertiary/aromatic N) is 2. The lowest BCUT2D eigenvalue weighted by Gasteiger charge is -2.25. The monoisotopic (exact) mass is 562 g/mol. The lowest BCUT2D eigenvalue weighted by Crippen LogP contribution is -2.40. The largest absolute Gasteiger partial charge is 0.496 e. The Morgan fingerprint density at radius 1 is 1.10 bits per heavy atom. The number of hydrogen-bond donors (Lipinski definition) is 0. The van der Waals surface area contributed by atoms with Crippen LogP contribution in [0.2, 0.25) is 5.02 Å². The van der Waals surface area contributed by atoms with E-state index in [1.807, 2.05) is 12.1 Å². The van der Waals surface area contributed by atoms with Crippen molar-refractivity contribution >= 4 is 40.8 Å². The molecule has 198 valence electrons. The molecular weight excluding hydrogens is 540 g/mol. The Labute approximate surface area is 232 Å². The van der Waals surface area contributed by atoms with Crippen LogP contribution in [0.3, 0.4) is 0 Å². The van der Waals surface area contributed by atoms with Crippen LogP contribution in [0.5, 0.6) is 5.75 Å². The summed E-state index contributed by atoms with van der Waals surface area (Å²) >= 11 is 7.49. The Hall–Kier alpha value is -4.21. The average Bonchev–Trinajstić information content (AvgIpc) is 3.51. The molecule has 5 rings (SSSR count). The normalized spacial score (nSPS) is 15.1. The van der Waals surface area contributed by atoms with E-state index >= 15 is 0 Å². The molecule has 1 atom stereocenters. The molecule has 0 N–H and O–H groups in total. The van der Waals surface area contributed by atoms with Crippen LogP contribution >= 0.6 is 22.9 Å². The minimum absolute atomic E-state index is 0.0173. The topological polar surface area (TPSA) is 100 Å². The van der Waals surface area contributed by atoms with E-state index < -0.39 is 12.0 Å². The minimum Gasteiger partial charge on any atom is -0.496 e. The number of aromatic nitrogens is 1. The maximum atomic E-state index is 13.8. The lowest BCUT2D eigenvalue weighted by atomic mass is 9.95. The Morgan fingerprint density at radius 3 is 2.51 bits per heavy atom. The zero-order valence-electron chi connectivity index (χ0n) is 21.5. The van der Waals surface area contributed by atoms with Crippen LogP contribution in [-0.2, 0) is 9.53 Å². The number of carbonyl (C=O) groups is 2. The predicted octanol–water partition coefficient (Wildman–Crippen LogP) is 4.53. The summed E-state index contributed by atoms with van der Waals surface area (Å²) in [5.41, 5.74) is 2.22. The van der Waals surface area contributed by atoms with Crippen molar-refractivity contribution in [2.75, 3.05) is 14.2 Å². The standard InChI is InChI=1S/C29H23ClN2O6S/c1-15-25(28(35)37-4)26(21-13-19(30)9-11-23(21)36-3)32-27(34)24(39-29(32)31-15)14-20-10-12-22(38-20)18-7-5-17(6-8-18)16(2)33/h5-14,26H,1-4H3/b24-14-/t26-/m0/s1. The predicted molar refractivity (Wildman–Crippen MR) is 148 cm³/mol. The number of benzene rings is 2. The molecule has 4 aromatic rings. The second-order valence-corrected chi connectivity index (χ2v) is 10.2. The van der Waals surface area contributed by atoms with Gasteiger partial charge in [0.2, 0.25) is 0 Å². The molecule has 0 radical (unpaired) electrons. The van der Waals surface area contributed by atoms with Crippen molar-refractivity contribution in [3.05, 3.63) is 107 Å².